The molecule has 0 fully saturated rings. The maximum Gasteiger partial charge on any atom is 0.152 e. The first-order valence-electron chi connectivity index (χ1n) is 7.15. The van der Waals surface area contributed by atoms with Gasteiger partial charge in [0.2, 0.25) is 0 Å². The van der Waals surface area contributed by atoms with E-state index in [-0.39, 0.29) is 11.5 Å². The molecule has 2 N–H and O–H groups in total. The molecule has 1 unspecified atom stereocenters. The summed E-state index contributed by atoms with van der Waals surface area (Å²) in [6, 6.07) is 2.09. The number of rotatable bonds is 5. The van der Waals surface area contributed by atoms with Gasteiger partial charge in [0.25, 0.3) is 0 Å². The van der Waals surface area contributed by atoms with Crippen LogP contribution in [0.2, 0.25) is 0 Å². The SMILES string of the molecule is CC(O)CCCNc1nccn2nc(C(C)(C)C)cc12. The van der Waals surface area contributed by atoms with Crippen LogP contribution in [-0.4, -0.2) is 32.4 Å². The van der Waals surface area contributed by atoms with Gasteiger partial charge in [-0.25, -0.2) is 9.50 Å². The van der Waals surface area contributed by atoms with Gasteiger partial charge in [0.15, 0.2) is 5.82 Å². The molecule has 0 amide bonds. The van der Waals surface area contributed by atoms with Crippen LogP contribution >= 0.6 is 0 Å². The third-order valence-electron chi connectivity index (χ3n) is 3.25. The zero-order chi connectivity index (χ0) is 14.8. The minimum Gasteiger partial charge on any atom is -0.393 e. The number of anilines is 1. The van der Waals surface area contributed by atoms with E-state index in [2.05, 4.69) is 42.2 Å². The van der Waals surface area contributed by atoms with Gasteiger partial charge in [0, 0.05) is 24.4 Å². The summed E-state index contributed by atoms with van der Waals surface area (Å²) in [5, 5.41) is 17.2. The lowest BCUT2D eigenvalue weighted by molar-refractivity contribution is 0.183. The van der Waals surface area contributed by atoms with Crippen molar-refractivity contribution in [3.63, 3.8) is 0 Å². The van der Waals surface area contributed by atoms with Gasteiger partial charge in [-0.2, -0.15) is 5.10 Å². The number of nitrogens with zero attached hydrogens (tertiary/aromatic N) is 3. The molecule has 5 heteroatoms. The van der Waals surface area contributed by atoms with Gasteiger partial charge in [-0.3, -0.25) is 0 Å². The second-order valence-electron chi connectivity index (χ2n) is 6.30. The quantitative estimate of drug-likeness (QED) is 0.824. The summed E-state index contributed by atoms with van der Waals surface area (Å²) in [4.78, 5) is 4.38. The van der Waals surface area contributed by atoms with E-state index >= 15 is 0 Å². The molecule has 20 heavy (non-hydrogen) atoms. The van der Waals surface area contributed by atoms with Crippen molar-refractivity contribution in [2.45, 2.75) is 52.1 Å². The Balaban J connectivity index is 2.15. The molecule has 5 nitrogen and oxygen atoms in total. The number of fused-ring (bicyclic) bond motifs is 1. The Hall–Kier alpha value is -1.62. The van der Waals surface area contributed by atoms with Crippen molar-refractivity contribution in [3.05, 3.63) is 24.2 Å². The van der Waals surface area contributed by atoms with E-state index < -0.39 is 0 Å². The fraction of sp³-hybridized carbons (Fsp3) is 0.600. The van der Waals surface area contributed by atoms with Gasteiger partial charge in [-0.15, -0.1) is 0 Å². The highest BCUT2D eigenvalue weighted by molar-refractivity contribution is 5.68. The lowest BCUT2D eigenvalue weighted by Crippen LogP contribution is -2.11. The fourth-order valence-corrected chi connectivity index (χ4v) is 2.03. The van der Waals surface area contributed by atoms with Crippen molar-refractivity contribution >= 4 is 11.3 Å². The summed E-state index contributed by atoms with van der Waals surface area (Å²) < 4.78 is 1.87. The van der Waals surface area contributed by atoms with E-state index in [0.717, 1.165) is 36.4 Å². The van der Waals surface area contributed by atoms with Crippen LogP contribution in [0, 0.1) is 0 Å². The van der Waals surface area contributed by atoms with Crippen LogP contribution in [0.1, 0.15) is 46.2 Å². The average molecular weight is 276 g/mol. The van der Waals surface area contributed by atoms with Crippen LogP contribution in [0.4, 0.5) is 5.82 Å². The number of hydrogen-bond acceptors (Lipinski definition) is 4. The first-order valence-corrected chi connectivity index (χ1v) is 7.15. The molecule has 110 valence electrons. The van der Waals surface area contributed by atoms with Gasteiger partial charge < -0.3 is 10.4 Å². The molecular formula is C15H24N4O. The summed E-state index contributed by atoms with van der Waals surface area (Å²) in [6.07, 6.45) is 5.08. The van der Waals surface area contributed by atoms with Crippen molar-refractivity contribution in [2.75, 3.05) is 11.9 Å². The Kier molecular flexibility index (Phi) is 4.28. The van der Waals surface area contributed by atoms with Crippen LogP contribution in [0.3, 0.4) is 0 Å². The van der Waals surface area contributed by atoms with E-state index in [4.69, 9.17) is 0 Å². The highest BCUT2D eigenvalue weighted by atomic mass is 16.3. The van der Waals surface area contributed by atoms with E-state index in [1.54, 1.807) is 6.20 Å². The Bertz CT molecular complexity index is 569. The molecule has 0 saturated carbocycles. The predicted octanol–water partition coefficient (Wildman–Crippen LogP) is 2.60. The highest BCUT2D eigenvalue weighted by Gasteiger charge is 2.18. The molecule has 0 aromatic carbocycles. The third-order valence-corrected chi connectivity index (χ3v) is 3.25. The number of aliphatic hydroxyl groups excluding tert-OH is 1. The van der Waals surface area contributed by atoms with Crippen LogP contribution in [0.15, 0.2) is 18.5 Å². The van der Waals surface area contributed by atoms with Crippen LogP contribution in [0.5, 0.6) is 0 Å². The molecule has 0 aliphatic heterocycles. The molecule has 0 radical (unpaired) electrons. The maximum absolute atomic E-state index is 9.26. The average Bonchev–Trinajstić information content (AvgIpc) is 2.78. The summed E-state index contributed by atoms with van der Waals surface area (Å²) in [6.45, 7) is 9.06. The lowest BCUT2D eigenvalue weighted by atomic mass is 9.92. The standard InChI is InChI=1S/C15H24N4O/c1-11(20)6-5-7-16-14-12-10-13(15(2,3)4)18-19(12)9-8-17-14/h8-11,20H,5-7H2,1-4H3,(H,16,17). The largest absolute Gasteiger partial charge is 0.393 e. The first kappa shape index (κ1) is 14.8. The number of aliphatic hydroxyl groups is 1. The normalized spacial score (nSPS) is 13.7. The smallest absolute Gasteiger partial charge is 0.152 e. The Morgan fingerprint density at radius 1 is 1.40 bits per heavy atom. The van der Waals surface area contributed by atoms with Crippen molar-refractivity contribution < 1.29 is 5.11 Å². The number of hydrogen-bond donors (Lipinski definition) is 2. The monoisotopic (exact) mass is 276 g/mol. The highest BCUT2D eigenvalue weighted by Crippen LogP contribution is 2.24. The van der Waals surface area contributed by atoms with Crippen molar-refractivity contribution in [3.8, 4) is 0 Å². The van der Waals surface area contributed by atoms with Crippen LogP contribution in [0.25, 0.3) is 5.52 Å². The molecule has 2 heterocycles. The molecule has 0 aliphatic carbocycles. The van der Waals surface area contributed by atoms with Crippen molar-refractivity contribution in [1.82, 2.24) is 14.6 Å². The Labute approximate surface area is 120 Å². The van der Waals surface area contributed by atoms with E-state index in [1.165, 1.54) is 0 Å². The van der Waals surface area contributed by atoms with Gasteiger partial charge in [0.1, 0.15) is 5.52 Å². The Morgan fingerprint density at radius 2 is 2.15 bits per heavy atom. The molecule has 0 bridgehead atoms. The third kappa shape index (κ3) is 3.48. The topological polar surface area (TPSA) is 62.5 Å². The lowest BCUT2D eigenvalue weighted by Gasteiger charge is -2.13. The summed E-state index contributed by atoms with van der Waals surface area (Å²) in [7, 11) is 0. The fourth-order valence-electron chi connectivity index (χ4n) is 2.03. The number of nitrogens with one attached hydrogen (secondary N) is 1. The maximum atomic E-state index is 9.26. The molecule has 0 aliphatic rings. The summed E-state index contributed by atoms with van der Waals surface area (Å²) in [5.41, 5.74) is 2.07. The second-order valence-corrected chi connectivity index (χ2v) is 6.30. The molecule has 2 aromatic rings. The van der Waals surface area contributed by atoms with Crippen molar-refractivity contribution in [1.29, 1.82) is 0 Å². The van der Waals surface area contributed by atoms with Gasteiger partial charge in [-0.1, -0.05) is 20.8 Å². The minimum atomic E-state index is -0.247. The molecule has 2 aromatic heterocycles. The summed E-state index contributed by atoms with van der Waals surface area (Å²) in [5.74, 6) is 0.848. The second kappa shape index (κ2) is 5.79. The zero-order valence-electron chi connectivity index (χ0n) is 12.7. The van der Waals surface area contributed by atoms with E-state index in [1.807, 2.05) is 17.6 Å². The zero-order valence-corrected chi connectivity index (χ0v) is 12.7. The number of aromatic nitrogens is 3. The van der Waals surface area contributed by atoms with E-state index in [0.29, 0.717) is 0 Å². The predicted molar refractivity (Wildman–Crippen MR) is 81.1 cm³/mol. The molecular weight excluding hydrogens is 252 g/mol. The van der Waals surface area contributed by atoms with Crippen LogP contribution in [-0.2, 0) is 5.41 Å². The Morgan fingerprint density at radius 3 is 2.80 bits per heavy atom. The molecule has 0 saturated heterocycles. The molecule has 0 spiro atoms. The van der Waals surface area contributed by atoms with Gasteiger partial charge in [-0.05, 0) is 25.8 Å². The summed E-state index contributed by atoms with van der Waals surface area (Å²) >= 11 is 0. The van der Waals surface area contributed by atoms with Crippen LogP contribution < -0.4 is 5.32 Å². The minimum absolute atomic E-state index is 0.0234. The van der Waals surface area contributed by atoms with Gasteiger partial charge >= 0.3 is 0 Å². The van der Waals surface area contributed by atoms with Gasteiger partial charge in [0.05, 0.1) is 11.8 Å². The van der Waals surface area contributed by atoms with Crippen molar-refractivity contribution in [2.24, 2.45) is 0 Å². The molecule has 1 atom stereocenters. The molecule has 2 rings (SSSR count). The first-order chi connectivity index (χ1) is 9.38. The van der Waals surface area contributed by atoms with E-state index in [9.17, 15) is 5.11 Å².